The van der Waals surface area contributed by atoms with E-state index >= 15 is 0 Å². The Labute approximate surface area is 208 Å². The molecule has 4 rings (SSSR count). The number of esters is 1. The molecule has 1 aliphatic rings. The van der Waals surface area contributed by atoms with E-state index in [0.717, 1.165) is 26.9 Å². The van der Waals surface area contributed by atoms with Crippen molar-refractivity contribution in [2.45, 2.75) is 23.2 Å². The molecule has 0 saturated carbocycles. The fourth-order valence-corrected chi connectivity index (χ4v) is 5.61. The molecule has 0 saturated heterocycles. The largest absolute Gasteiger partial charge is 0.497 e. The minimum atomic E-state index is -1.03. The van der Waals surface area contributed by atoms with Crippen molar-refractivity contribution >= 4 is 40.1 Å². The maximum atomic E-state index is 14.0. The molecule has 1 amide bonds. The Balaban J connectivity index is 1.86. The maximum absolute atomic E-state index is 14.0. The summed E-state index contributed by atoms with van der Waals surface area (Å²) in [7, 11) is 4.59. The molecule has 2 atom stereocenters. The molecule has 0 radical (unpaired) electrons. The first kappa shape index (κ1) is 25.0. The number of thioether (sulfide) groups is 1. The smallest absolute Gasteiger partial charge is 0.303 e. The number of ether oxygens (including phenoxy) is 2. The fourth-order valence-electron chi connectivity index (χ4n) is 4.16. The van der Waals surface area contributed by atoms with E-state index in [4.69, 9.17) is 19.1 Å². The number of anilines is 1. The van der Waals surface area contributed by atoms with Gasteiger partial charge in [0.25, 0.3) is 5.91 Å². The van der Waals surface area contributed by atoms with E-state index in [1.165, 1.54) is 38.1 Å². The van der Waals surface area contributed by atoms with E-state index in [2.05, 4.69) is 0 Å². The van der Waals surface area contributed by atoms with Crippen molar-refractivity contribution in [2.75, 3.05) is 39.3 Å². The van der Waals surface area contributed by atoms with Crippen LogP contribution in [0.15, 0.2) is 65.6 Å². The third kappa shape index (κ3) is 5.28. The number of fused-ring (bicyclic) bond motifs is 3. The van der Waals surface area contributed by atoms with Crippen molar-refractivity contribution in [1.82, 2.24) is 5.23 Å². The van der Waals surface area contributed by atoms with Crippen LogP contribution in [-0.2, 0) is 24.0 Å². The van der Waals surface area contributed by atoms with Crippen LogP contribution in [0.4, 0.5) is 5.69 Å². The molecule has 184 valence electrons. The molecule has 8 nitrogen and oxygen atoms in total. The van der Waals surface area contributed by atoms with Crippen molar-refractivity contribution in [1.29, 1.82) is 0 Å². The molecule has 35 heavy (non-hydrogen) atoms. The second-order valence-electron chi connectivity index (χ2n) is 7.89. The van der Waals surface area contributed by atoms with Gasteiger partial charge < -0.3 is 14.4 Å². The molecule has 3 aromatic rings. The Kier molecular flexibility index (Phi) is 7.92. The fraction of sp³-hybridized carbons (Fsp3) is 0.308. The number of amides is 1. The molecule has 0 aromatic heterocycles. The monoisotopic (exact) mass is 496 g/mol. The molecular formula is C26H28N2O6S. The molecule has 0 bridgehead atoms. The van der Waals surface area contributed by atoms with Gasteiger partial charge in [0.15, 0.2) is 6.10 Å². The highest BCUT2D eigenvalue weighted by Crippen LogP contribution is 2.49. The van der Waals surface area contributed by atoms with Crippen LogP contribution in [0.5, 0.6) is 5.75 Å². The number of rotatable bonds is 8. The number of methoxy groups -OCH3 is 1. The molecule has 0 fully saturated rings. The molecule has 0 N–H and O–H groups in total. The zero-order valence-corrected chi connectivity index (χ0v) is 20.9. The second kappa shape index (κ2) is 11.1. The van der Waals surface area contributed by atoms with Gasteiger partial charge in [-0.1, -0.05) is 47.7 Å². The Morgan fingerprint density at radius 2 is 1.71 bits per heavy atom. The summed E-state index contributed by atoms with van der Waals surface area (Å²) < 4.78 is 11.0. The van der Waals surface area contributed by atoms with Crippen LogP contribution in [0, 0.1) is 0 Å². The first-order chi connectivity index (χ1) is 17.0. The lowest BCUT2D eigenvalue weighted by Crippen LogP contribution is -2.45. The number of hydrogen-bond acceptors (Lipinski definition) is 8. The van der Waals surface area contributed by atoms with Crippen LogP contribution >= 0.6 is 11.8 Å². The highest BCUT2D eigenvalue weighted by atomic mass is 32.2. The zero-order valence-electron chi connectivity index (χ0n) is 20.1. The molecular weight excluding hydrogens is 468 g/mol. The number of benzene rings is 3. The number of carbonyl (C=O) groups excluding carboxylic acids is 2. The first-order valence-electron chi connectivity index (χ1n) is 11.1. The van der Waals surface area contributed by atoms with Crippen molar-refractivity contribution in [3.63, 3.8) is 0 Å². The summed E-state index contributed by atoms with van der Waals surface area (Å²) in [5.41, 5.74) is 1.60. The summed E-state index contributed by atoms with van der Waals surface area (Å²) in [6, 6.07) is 19.5. The number of hydroxylamine groups is 2. The van der Waals surface area contributed by atoms with E-state index in [1.54, 1.807) is 12.0 Å². The number of nitrogens with zero attached hydrogens (tertiary/aromatic N) is 2. The quantitative estimate of drug-likeness (QED) is 0.336. The number of carbonyl (C=O) groups is 2. The molecule has 0 spiro atoms. The van der Waals surface area contributed by atoms with E-state index in [0.29, 0.717) is 5.75 Å². The minimum Gasteiger partial charge on any atom is -0.497 e. The zero-order chi connectivity index (χ0) is 24.9. The van der Waals surface area contributed by atoms with Gasteiger partial charge in [-0.15, -0.1) is 11.8 Å². The van der Waals surface area contributed by atoms with Crippen LogP contribution in [0.2, 0.25) is 0 Å². The minimum absolute atomic E-state index is 0.263. The summed E-state index contributed by atoms with van der Waals surface area (Å²) >= 11 is 1.52. The highest BCUT2D eigenvalue weighted by molar-refractivity contribution is 8.00. The van der Waals surface area contributed by atoms with Gasteiger partial charge in [0, 0.05) is 18.4 Å². The standard InChI is InChI=1S/C26H28N2O6S/c1-17(29)34-23-24(19-9-12-20(31-2)13-10-19)35-25-21-8-6-5-7-18(21)11-14-22(25)27(26(23)30)15-16-28(32-3)33-4/h5-14,23-24H,15-16H2,1-4H3/t23-,24+/m1/s1. The SMILES string of the molecule is COc1ccc([C@@H]2Sc3c(ccc4ccccc34)N(CCN(OC)OC)C(=O)[C@@H]2OC(C)=O)cc1. The summed E-state index contributed by atoms with van der Waals surface area (Å²) in [5, 5.41) is 2.90. The van der Waals surface area contributed by atoms with Crippen molar-refractivity contribution in [3.8, 4) is 5.75 Å². The van der Waals surface area contributed by atoms with Gasteiger partial charge in [-0.05, 0) is 34.5 Å². The van der Waals surface area contributed by atoms with Gasteiger partial charge in [0.05, 0.1) is 38.8 Å². The topological polar surface area (TPSA) is 77.5 Å². The van der Waals surface area contributed by atoms with E-state index in [1.807, 2.05) is 60.7 Å². The van der Waals surface area contributed by atoms with Crippen molar-refractivity contribution in [3.05, 3.63) is 66.2 Å². The van der Waals surface area contributed by atoms with Crippen LogP contribution in [0.3, 0.4) is 0 Å². The Morgan fingerprint density at radius 3 is 2.37 bits per heavy atom. The average molecular weight is 497 g/mol. The predicted molar refractivity (Wildman–Crippen MR) is 134 cm³/mol. The lowest BCUT2D eigenvalue weighted by molar-refractivity contribution is -0.340. The molecule has 3 aromatic carbocycles. The van der Waals surface area contributed by atoms with Crippen molar-refractivity contribution < 1.29 is 28.7 Å². The van der Waals surface area contributed by atoms with Gasteiger partial charge in [0.2, 0.25) is 0 Å². The maximum Gasteiger partial charge on any atom is 0.303 e. The third-order valence-electron chi connectivity index (χ3n) is 5.83. The third-order valence-corrected chi connectivity index (χ3v) is 7.27. The highest BCUT2D eigenvalue weighted by Gasteiger charge is 2.41. The lowest BCUT2D eigenvalue weighted by atomic mass is 10.0. The van der Waals surface area contributed by atoms with Gasteiger partial charge in [0.1, 0.15) is 5.75 Å². The Morgan fingerprint density at radius 1 is 1.00 bits per heavy atom. The molecule has 1 heterocycles. The van der Waals surface area contributed by atoms with Crippen molar-refractivity contribution in [2.24, 2.45) is 0 Å². The van der Waals surface area contributed by atoms with Gasteiger partial charge in [-0.2, -0.15) is 0 Å². The summed E-state index contributed by atoms with van der Waals surface area (Å²) in [6.07, 6.45) is -1.03. The second-order valence-corrected chi connectivity index (χ2v) is 9.04. The van der Waals surface area contributed by atoms with Gasteiger partial charge in [-0.3, -0.25) is 19.3 Å². The van der Waals surface area contributed by atoms with Gasteiger partial charge in [-0.25, -0.2) is 0 Å². The Hall–Kier alpha value is -3.11. The van der Waals surface area contributed by atoms with Crippen LogP contribution < -0.4 is 9.64 Å². The average Bonchev–Trinajstić information content (AvgIpc) is 2.99. The van der Waals surface area contributed by atoms with Crippen LogP contribution in [0.1, 0.15) is 17.7 Å². The van der Waals surface area contributed by atoms with E-state index in [-0.39, 0.29) is 19.0 Å². The summed E-state index contributed by atoms with van der Waals surface area (Å²) in [6.45, 7) is 1.87. The van der Waals surface area contributed by atoms with Crippen LogP contribution in [0.25, 0.3) is 10.8 Å². The van der Waals surface area contributed by atoms with Crippen LogP contribution in [-0.4, -0.2) is 57.6 Å². The molecule has 1 aliphatic heterocycles. The van der Waals surface area contributed by atoms with Gasteiger partial charge >= 0.3 is 5.97 Å². The Bertz CT molecular complexity index is 1200. The predicted octanol–water partition coefficient (Wildman–Crippen LogP) is 4.38. The lowest BCUT2D eigenvalue weighted by Gasteiger charge is -2.28. The molecule has 0 aliphatic carbocycles. The normalized spacial score (nSPS) is 17.9. The number of hydrogen-bond donors (Lipinski definition) is 0. The summed E-state index contributed by atoms with van der Waals surface area (Å²) in [5.74, 6) is -0.127. The van der Waals surface area contributed by atoms with E-state index < -0.39 is 17.3 Å². The molecule has 9 heteroatoms. The first-order valence-corrected chi connectivity index (χ1v) is 12.0. The van der Waals surface area contributed by atoms with E-state index in [9.17, 15) is 9.59 Å². The molecule has 0 unspecified atom stereocenters. The summed E-state index contributed by atoms with van der Waals surface area (Å²) in [4.78, 5) is 39.1.